The van der Waals surface area contributed by atoms with Crippen LogP contribution >= 0.6 is 22.6 Å². The summed E-state index contributed by atoms with van der Waals surface area (Å²) in [5.74, 6) is -0.0295. The molecule has 0 radical (unpaired) electrons. The van der Waals surface area contributed by atoms with Gasteiger partial charge in [-0.2, -0.15) is 0 Å². The lowest BCUT2D eigenvalue weighted by atomic mass is 10.1. The van der Waals surface area contributed by atoms with Crippen LogP contribution < -0.4 is 10.2 Å². The summed E-state index contributed by atoms with van der Waals surface area (Å²) in [6, 6.07) is 24.8. The van der Waals surface area contributed by atoms with Crippen molar-refractivity contribution in [2.24, 2.45) is 0 Å². The van der Waals surface area contributed by atoms with E-state index in [4.69, 9.17) is 0 Å². The Morgan fingerprint density at radius 2 is 1.43 bits per heavy atom. The Bertz CT molecular complexity index is 1030. The summed E-state index contributed by atoms with van der Waals surface area (Å²) in [4.78, 5) is 29.2. The number of nitrogens with zero attached hydrogens (tertiary/aromatic N) is 2. The zero-order valence-electron chi connectivity index (χ0n) is 16.4. The number of rotatable bonds is 4. The van der Waals surface area contributed by atoms with Crippen LogP contribution in [0.15, 0.2) is 78.9 Å². The van der Waals surface area contributed by atoms with Gasteiger partial charge in [0.15, 0.2) is 0 Å². The number of amides is 2. The quantitative estimate of drug-likeness (QED) is 0.525. The highest BCUT2D eigenvalue weighted by Crippen LogP contribution is 2.21. The molecule has 1 aliphatic heterocycles. The van der Waals surface area contributed by atoms with E-state index in [9.17, 15) is 9.59 Å². The first-order valence-corrected chi connectivity index (χ1v) is 10.9. The van der Waals surface area contributed by atoms with Gasteiger partial charge in [0.1, 0.15) is 0 Å². The van der Waals surface area contributed by atoms with Crippen molar-refractivity contribution < 1.29 is 9.59 Å². The lowest BCUT2D eigenvalue weighted by Gasteiger charge is -2.36. The van der Waals surface area contributed by atoms with Gasteiger partial charge >= 0.3 is 0 Å². The van der Waals surface area contributed by atoms with Crippen molar-refractivity contribution in [2.75, 3.05) is 36.4 Å². The van der Waals surface area contributed by atoms with Crippen molar-refractivity contribution in [3.05, 3.63) is 93.6 Å². The van der Waals surface area contributed by atoms with E-state index in [2.05, 4.69) is 32.8 Å². The van der Waals surface area contributed by atoms with Gasteiger partial charge in [0.25, 0.3) is 11.8 Å². The average molecular weight is 511 g/mol. The molecule has 4 rings (SSSR count). The molecular formula is C24H22IN3O2. The number of anilines is 2. The predicted molar refractivity (Wildman–Crippen MR) is 128 cm³/mol. The van der Waals surface area contributed by atoms with Crippen LogP contribution in [0, 0.1) is 3.57 Å². The maximum Gasteiger partial charge on any atom is 0.255 e. The summed E-state index contributed by atoms with van der Waals surface area (Å²) in [7, 11) is 0. The molecule has 152 valence electrons. The third kappa shape index (κ3) is 4.81. The van der Waals surface area contributed by atoms with Crippen LogP contribution in [0.2, 0.25) is 0 Å². The van der Waals surface area contributed by atoms with Gasteiger partial charge in [-0.15, -0.1) is 0 Å². The first-order valence-electron chi connectivity index (χ1n) is 9.86. The zero-order chi connectivity index (χ0) is 20.9. The standard InChI is InChI=1S/C24H22IN3O2/c25-20-8-4-7-19(17-20)23(29)26-21-9-11-22(12-10-21)27-13-15-28(16-14-27)24(30)18-5-2-1-3-6-18/h1-12,17H,13-16H2,(H,26,29). The highest BCUT2D eigenvalue weighted by atomic mass is 127. The van der Waals surface area contributed by atoms with E-state index in [0.717, 1.165) is 33.6 Å². The molecule has 1 fully saturated rings. The molecule has 3 aromatic carbocycles. The Balaban J connectivity index is 1.34. The number of carbonyl (C=O) groups excluding carboxylic acids is 2. The summed E-state index contributed by atoms with van der Waals surface area (Å²) in [5, 5.41) is 2.94. The van der Waals surface area contributed by atoms with E-state index in [1.165, 1.54) is 0 Å². The third-order valence-corrected chi connectivity index (χ3v) is 5.84. The second-order valence-electron chi connectivity index (χ2n) is 7.16. The van der Waals surface area contributed by atoms with Crippen LogP contribution in [0.5, 0.6) is 0 Å². The second kappa shape index (κ2) is 9.30. The Morgan fingerprint density at radius 3 is 2.10 bits per heavy atom. The number of hydrogen-bond donors (Lipinski definition) is 1. The zero-order valence-corrected chi connectivity index (χ0v) is 18.6. The maximum absolute atomic E-state index is 12.6. The lowest BCUT2D eigenvalue weighted by Crippen LogP contribution is -2.48. The van der Waals surface area contributed by atoms with E-state index in [0.29, 0.717) is 18.7 Å². The molecule has 0 saturated carbocycles. The molecule has 1 heterocycles. The molecular weight excluding hydrogens is 489 g/mol. The number of halogens is 1. The van der Waals surface area contributed by atoms with Crippen LogP contribution in [-0.4, -0.2) is 42.9 Å². The molecule has 0 bridgehead atoms. The second-order valence-corrected chi connectivity index (χ2v) is 8.40. The van der Waals surface area contributed by atoms with E-state index < -0.39 is 0 Å². The van der Waals surface area contributed by atoms with Gasteiger partial charge in [-0.05, 0) is 77.2 Å². The minimum absolute atomic E-state index is 0.0869. The van der Waals surface area contributed by atoms with Gasteiger partial charge in [-0.3, -0.25) is 9.59 Å². The third-order valence-electron chi connectivity index (χ3n) is 5.16. The van der Waals surface area contributed by atoms with Crippen molar-refractivity contribution in [1.29, 1.82) is 0 Å². The largest absolute Gasteiger partial charge is 0.368 e. The van der Waals surface area contributed by atoms with Crippen molar-refractivity contribution in [3.63, 3.8) is 0 Å². The van der Waals surface area contributed by atoms with Gasteiger partial charge in [-0.1, -0.05) is 24.3 Å². The van der Waals surface area contributed by atoms with Crippen LogP contribution in [-0.2, 0) is 0 Å². The van der Waals surface area contributed by atoms with Gasteiger partial charge < -0.3 is 15.1 Å². The van der Waals surface area contributed by atoms with Crippen LogP contribution in [0.25, 0.3) is 0 Å². The minimum atomic E-state index is -0.116. The minimum Gasteiger partial charge on any atom is -0.368 e. The summed E-state index contributed by atoms with van der Waals surface area (Å²) in [6.45, 7) is 2.96. The summed E-state index contributed by atoms with van der Waals surface area (Å²) in [5.41, 5.74) is 3.24. The van der Waals surface area contributed by atoms with Crippen molar-refractivity contribution >= 4 is 45.8 Å². The molecule has 0 aromatic heterocycles. The molecule has 5 nitrogen and oxygen atoms in total. The fraction of sp³-hybridized carbons (Fsp3) is 0.167. The molecule has 1 saturated heterocycles. The number of hydrogen-bond acceptors (Lipinski definition) is 3. The van der Waals surface area contributed by atoms with E-state index in [1.54, 1.807) is 0 Å². The van der Waals surface area contributed by atoms with Gasteiger partial charge in [-0.25, -0.2) is 0 Å². The fourth-order valence-electron chi connectivity index (χ4n) is 3.52. The normalized spacial score (nSPS) is 13.8. The lowest BCUT2D eigenvalue weighted by molar-refractivity contribution is 0.0746. The number of nitrogens with one attached hydrogen (secondary N) is 1. The number of piperazine rings is 1. The highest BCUT2D eigenvalue weighted by Gasteiger charge is 2.22. The molecule has 2 amide bonds. The fourth-order valence-corrected chi connectivity index (χ4v) is 4.06. The Kier molecular flexibility index (Phi) is 6.32. The van der Waals surface area contributed by atoms with Crippen LogP contribution in [0.4, 0.5) is 11.4 Å². The monoisotopic (exact) mass is 511 g/mol. The summed E-state index contributed by atoms with van der Waals surface area (Å²) >= 11 is 2.20. The SMILES string of the molecule is O=C(Nc1ccc(N2CCN(C(=O)c3ccccc3)CC2)cc1)c1cccc(I)c1. The smallest absolute Gasteiger partial charge is 0.255 e. The van der Waals surface area contributed by atoms with E-state index in [1.807, 2.05) is 83.8 Å². The maximum atomic E-state index is 12.6. The molecule has 30 heavy (non-hydrogen) atoms. The van der Waals surface area contributed by atoms with Crippen molar-refractivity contribution in [2.45, 2.75) is 0 Å². The number of carbonyl (C=O) groups is 2. The van der Waals surface area contributed by atoms with Gasteiger partial charge in [0.2, 0.25) is 0 Å². The van der Waals surface area contributed by atoms with Crippen LogP contribution in [0.1, 0.15) is 20.7 Å². The van der Waals surface area contributed by atoms with E-state index in [-0.39, 0.29) is 11.8 Å². The molecule has 1 aliphatic rings. The van der Waals surface area contributed by atoms with Crippen molar-refractivity contribution in [3.8, 4) is 0 Å². The number of benzene rings is 3. The molecule has 0 spiro atoms. The molecule has 0 unspecified atom stereocenters. The molecule has 0 aliphatic carbocycles. The Hall–Kier alpha value is -2.87. The Labute approximate surface area is 189 Å². The highest BCUT2D eigenvalue weighted by molar-refractivity contribution is 14.1. The van der Waals surface area contributed by atoms with Crippen LogP contribution in [0.3, 0.4) is 0 Å². The van der Waals surface area contributed by atoms with E-state index >= 15 is 0 Å². The summed E-state index contributed by atoms with van der Waals surface area (Å²) in [6.07, 6.45) is 0. The molecule has 0 atom stereocenters. The first kappa shape index (κ1) is 20.4. The Morgan fingerprint density at radius 1 is 0.767 bits per heavy atom. The molecule has 1 N–H and O–H groups in total. The van der Waals surface area contributed by atoms with Crippen molar-refractivity contribution in [1.82, 2.24) is 4.90 Å². The molecule has 3 aromatic rings. The van der Waals surface area contributed by atoms with Gasteiger partial charge in [0, 0.05) is 52.3 Å². The summed E-state index contributed by atoms with van der Waals surface area (Å²) < 4.78 is 1.03. The predicted octanol–water partition coefficient (Wildman–Crippen LogP) is 4.51. The van der Waals surface area contributed by atoms with Gasteiger partial charge in [0.05, 0.1) is 0 Å². The average Bonchev–Trinajstić information content (AvgIpc) is 2.80. The molecule has 6 heteroatoms. The first-order chi connectivity index (χ1) is 14.6. The topological polar surface area (TPSA) is 52.7 Å².